The topological polar surface area (TPSA) is 39.1 Å². The summed E-state index contributed by atoms with van der Waals surface area (Å²) in [4.78, 5) is 0. The van der Waals surface area contributed by atoms with Crippen LogP contribution in [0.5, 0.6) is 11.5 Å². The average molecular weight is 338 g/mol. The van der Waals surface area contributed by atoms with Crippen molar-refractivity contribution >= 4 is 15.9 Å². The van der Waals surface area contributed by atoms with Crippen molar-refractivity contribution in [3.8, 4) is 11.5 Å². The Labute approximate surface area is 128 Å². The smallest absolute Gasteiger partial charge is 0.165 e. The summed E-state index contributed by atoms with van der Waals surface area (Å²) in [5, 5.41) is 7.56. The molecular formula is C15H20BrN3O. The standard InChI is InChI=1S/C15H20BrN3O/c1-3-7-19-11-13(10-18-19)20-15-6-5-12(8-14(15)16)9-17-4-2/h5-6,8,10-11,17H,3-4,7,9H2,1-2H3. The molecule has 5 heteroatoms. The average Bonchev–Trinajstić information content (AvgIpc) is 2.87. The summed E-state index contributed by atoms with van der Waals surface area (Å²) in [6, 6.07) is 6.13. The van der Waals surface area contributed by atoms with Crippen molar-refractivity contribution in [1.29, 1.82) is 0 Å². The molecule has 0 bridgehead atoms. The highest BCUT2D eigenvalue weighted by atomic mass is 79.9. The lowest BCUT2D eigenvalue weighted by molar-refractivity contribution is 0.477. The van der Waals surface area contributed by atoms with Crippen LogP contribution in [0.4, 0.5) is 0 Å². The molecule has 108 valence electrons. The van der Waals surface area contributed by atoms with Crippen LogP contribution in [0.2, 0.25) is 0 Å². The number of hydrogen-bond donors (Lipinski definition) is 1. The van der Waals surface area contributed by atoms with Crippen LogP contribution < -0.4 is 10.1 Å². The maximum Gasteiger partial charge on any atom is 0.165 e. The Morgan fingerprint density at radius 2 is 2.20 bits per heavy atom. The number of benzene rings is 1. The number of nitrogens with zero attached hydrogens (tertiary/aromatic N) is 2. The van der Waals surface area contributed by atoms with Gasteiger partial charge in [-0.1, -0.05) is 19.9 Å². The van der Waals surface area contributed by atoms with Gasteiger partial charge in [-0.05, 0) is 46.6 Å². The highest BCUT2D eigenvalue weighted by Crippen LogP contribution is 2.30. The molecular weight excluding hydrogens is 318 g/mol. The van der Waals surface area contributed by atoms with Crippen LogP contribution in [0.25, 0.3) is 0 Å². The van der Waals surface area contributed by atoms with Gasteiger partial charge in [0.25, 0.3) is 0 Å². The zero-order valence-electron chi connectivity index (χ0n) is 11.9. The van der Waals surface area contributed by atoms with Crippen molar-refractivity contribution < 1.29 is 4.74 Å². The van der Waals surface area contributed by atoms with E-state index < -0.39 is 0 Å². The minimum Gasteiger partial charge on any atom is -0.453 e. The van der Waals surface area contributed by atoms with Crippen LogP contribution in [0.15, 0.2) is 35.1 Å². The number of ether oxygens (including phenoxy) is 1. The molecule has 0 fully saturated rings. The SMILES string of the molecule is CCCn1cc(Oc2ccc(CNCC)cc2Br)cn1. The second-order valence-electron chi connectivity index (χ2n) is 4.59. The normalized spacial score (nSPS) is 10.8. The molecule has 0 radical (unpaired) electrons. The van der Waals surface area contributed by atoms with Crippen LogP contribution in [-0.2, 0) is 13.1 Å². The Morgan fingerprint density at radius 1 is 1.35 bits per heavy atom. The summed E-state index contributed by atoms with van der Waals surface area (Å²) in [5.74, 6) is 1.57. The molecule has 1 heterocycles. The molecule has 0 atom stereocenters. The van der Waals surface area contributed by atoms with E-state index in [-0.39, 0.29) is 0 Å². The molecule has 2 rings (SSSR count). The van der Waals surface area contributed by atoms with Crippen LogP contribution in [0.3, 0.4) is 0 Å². The van der Waals surface area contributed by atoms with Gasteiger partial charge in [0.2, 0.25) is 0 Å². The van der Waals surface area contributed by atoms with Gasteiger partial charge < -0.3 is 10.1 Å². The first kappa shape index (κ1) is 15.1. The summed E-state index contributed by atoms with van der Waals surface area (Å²) < 4.78 is 8.69. The Kier molecular flexibility index (Phi) is 5.61. The summed E-state index contributed by atoms with van der Waals surface area (Å²) in [6.45, 7) is 6.96. The number of rotatable bonds is 7. The highest BCUT2D eigenvalue weighted by molar-refractivity contribution is 9.10. The molecule has 0 aliphatic heterocycles. The lowest BCUT2D eigenvalue weighted by Crippen LogP contribution is -2.11. The number of aryl methyl sites for hydroxylation is 1. The molecule has 20 heavy (non-hydrogen) atoms. The van der Waals surface area contributed by atoms with Gasteiger partial charge in [-0.25, -0.2) is 0 Å². The van der Waals surface area contributed by atoms with Gasteiger partial charge in [-0.15, -0.1) is 0 Å². The van der Waals surface area contributed by atoms with Gasteiger partial charge in [-0.3, -0.25) is 4.68 Å². The zero-order chi connectivity index (χ0) is 14.4. The van der Waals surface area contributed by atoms with Crippen molar-refractivity contribution in [1.82, 2.24) is 15.1 Å². The molecule has 1 aromatic carbocycles. The first-order valence-electron chi connectivity index (χ1n) is 6.92. The first-order valence-corrected chi connectivity index (χ1v) is 7.71. The maximum absolute atomic E-state index is 5.84. The fourth-order valence-electron chi connectivity index (χ4n) is 1.88. The maximum atomic E-state index is 5.84. The lowest BCUT2D eigenvalue weighted by Gasteiger charge is -2.08. The molecule has 0 spiro atoms. The Morgan fingerprint density at radius 3 is 2.90 bits per heavy atom. The van der Waals surface area contributed by atoms with E-state index in [1.807, 2.05) is 16.9 Å². The van der Waals surface area contributed by atoms with Crippen molar-refractivity contribution in [2.24, 2.45) is 0 Å². The van der Waals surface area contributed by atoms with Crippen LogP contribution >= 0.6 is 15.9 Å². The molecule has 0 amide bonds. The van der Waals surface area contributed by atoms with E-state index in [9.17, 15) is 0 Å². The summed E-state index contributed by atoms with van der Waals surface area (Å²) in [6.07, 6.45) is 4.72. The fraction of sp³-hybridized carbons (Fsp3) is 0.400. The van der Waals surface area contributed by atoms with Crippen molar-refractivity contribution in [3.63, 3.8) is 0 Å². The van der Waals surface area contributed by atoms with Gasteiger partial charge in [0.15, 0.2) is 5.75 Å². The minimum absolute atomic E-state index is 0.763. The van der Waals surface area contributed by atoms with Gasteiger partial charge in [0.05, 0.1) is 16.9 Å². The summed E-state index contributed by atoms with van der Waals surface area (Å²) >= 11 is 3.55. The van der Waals surface area contributed by atoms with E-state index in [2.05, 4.69) is 52.3 Å². The summed E-state index contributed by atoms with van der Waals surface area (Å²) in [5.41, 5.74) is 1.23. The third-order valence-electron chi connectivity index (χ3n) is 2.87. The van der Waals surface area contributed by atoms with Gasteiger partial charge >= 0.3 is 0 Å². The molecule has 0 unspecified atom stereocenters. The number of halogens is 1. The molecule has 0 aliphatic carbocycles. The Hall–Kier alpha value is -1.33. The van der Waals surface area contributed by atoms with E-state index in [1.165, 1.54) is 5.56 Å². The Bertz CT molecular complexity index is 554. The predicted octanol–water partition coefficient (Wildman–Crippen LogP) is 3.96. The molecule has 1 aromatic heterocycles. The molecule has 2 aromatic rings. The quantitative estimate of drug-likeness (QED) is 0.831. The van der Waals surface area contributed by atoms with Gasteiger partial charge in [0, 0.05) is 13.1 Å². The monoisotopic (exact) mass is 337 g/mol. The lowest BCUT2D eigenvalue weighted by atomic mass is 10.2. The van der Waals surface area contributed by atoms with E-state index in [1.54, 1.807) is 6.20 Å². The van der Waals surface area contributed by atoms with E-state index in [0.717, 1.165) is 42.0 Å². The Balaban J connectivity index is 2.04. The third kappa shape index (κ3) is 4.08. The number of hydrogen-bond acceptors (Lipinski definition) is 3. The van der Waals surface area contributed by atoms with Gasteiger partial charge in [-0.2, -0.15) is 5.10 Å². The largest absolute Gasteiger partial charge is 0.453 e. The molecule has 0 aliphatic rings. The molecule has 0 saturated carbocycles. The van der Waals surface area contributed by atoms with E-state index >= 15 is 0 Å². The van der Waals surface area contributed by atoms with Crippen molar-refractivity contribution in [2.45, 2.75) is 33.4 Å². The molecule has 0 saturated heterocycles. The van der Waals surface area contributed by atoms with Crippen LogP contribution in [0, 0.1) is 0 Å². The third-order valence-corrected chi connectivity index (χ3v) is 3.49. The fourth-order valence-corrected chi connectivity index (χ4v) is 2.39. The van der Waals surface area contributed by atoms with Crippen molar-refractivity contribution in [2.75, 3.05) is 6.54 Å². The first-order chi connectivity index (χ1) is 9.72. The zero-order valence-corrected chi connectivity index (χ0v) is 13.5. The van der Waals surface area contributed by atoms with E-state index in [0.29, 0.717) is 0 Å². The van der Waals surface area contributed by atoms with Gasteiger partial charge in [0.1, 0.15) is 5.75 Å². The highest BCUT2D eigenvalue weighted by Gasteiger charge is 2.06. The minimum atomic E-state index is 0.763. The molecule has 4 nitrogen and oxygen atoms in total. The summed E-state index contributed by atoms with van der Waals surface area (Å²) in [7, 11) is 0. The van der Waals surface area contributed by atoms with Crippen LogP contribution in [-0.4, -0.2) is 16.3 Å². The predicted molar refractivity (Wildman–Crippen MR) is 84.1 cm³/mol. The van der Waals surface area contributed by atoms with E-state index in [4.69, 9.17) is 4.74 Å². The second kappa shape index (κ2) is 7.45. The number of nitrogens with one attached hydrogen (secondary N) is 1. The second-order valence-corrected chi connectivity index (χ2v) is 5.44. The van der Waals surface area contributed by atoms with Crippen molar-refractivity contribution in [3.05, 3.63) is 40.6 Å². The number of aromatic nitrogens is 2. The van der Waals surface area contributed by atoms with Crippen LogP contribution in [0.1, 0.15) is 25.8 Å². The molecule has 1 N–H and O–H groups in total.